The second kappa shape index (κ2) is 4.24. The van der Waals surface area contributed by atoms with Gasteiger partial charge in [-0.1, -0.05) is 11.6 Å². The number of nitrogens with one attached hydrogen (secondary N) is 1. The third kappa shape index (κ3) is 2.25. The van der Waals surface area contributed by atoms with E-state index in [0.29, 0.717) is 4.34 Å². The number of halogens is 1. The lowest BCUT2D eigenvalue weighted by molar-refractivity contribution is 0.0839. The smallest absolute Gasteiger partial charge is 0.192 e. The highest BCUT2D eigenvalue weighted by Crippen LogP contribution is 2.28. The molecule has 15 heavy (non-hydrogen) atoms. The fourth-order valence-electron chi connectivity index (χ4n) is 1.96. The summed E-state index contributed by atoms with van der Waals surface area (Å²) in [7, 11) is 0. The monoisotopic (exact) mass is 243 g/mol. The van der Waals surface area contributed by atoms with E-state index < -0.39 is 0 Å². The first kappa shape index (κ1) is 11.1. The zero-order valence-electron chi connectivity index (χ0n) is 8.68. The Morgan fingerprint density at radius 3 is 2.87 bits per heavy atom. The lowest BCUT2D eigenvalue weighted by Crippen LogP contribution is -2.51. The second-order valence-corrected chi connectivity index (χ2v) is 5.86. The van der Waals surface area contributed by atoms with Crippen LogP contribution in [0, 0.1) is 0 Å². The van der Waals surface area contributed by atoms with E-state index >= 15 is 0 Å². The van der Waals surface area contributed by atoms with Crippen LogP contribution in [0.25, 0.3) is 0 Å². The second-order valence-electron chi connectivity index (χ2n) is 4.15. The molecule has 0 aromatic carbocycles. The SMILES string of the molecule is CC1(C(=O)c2ccc(Cl)s2)CCCCN1. The van der Waals surface area contributed by atoms with Gasteiger partial charge in [-0.25, -0.2) is 0 Å². The normalized spacial score (nSPS) is 26.5. The van der Waals surface area contributed by atoms with Crippen LogP contribution >= 0.6 is 22.9 Å². The van der Waals surface area contributed by atoms with Crippen LogP contribution in [-0.4, -0.2) is 17.9 Å². The summed E-state index contributed by atoms with van der Waals surface area (Å²) in [4.78, 5) is 13.0. The van der Waals surface area contributed by atoms with E-state index in [1.807, 2.05) is 13.0 Å². The average molecular weight is 244 g/mol. The van der Waals surface area contributed by atoms with Gasteiger partial charge in [0.25, 0.3) is 0 Å². The molecule has 0 amide bonds. The minimum Gasteiger partial charge on any atom is -0.305 e. The van der Waals surface area contributed by atoms with E-state index in [1.54, 1.807) is 6.07 Å². The van der Waals surface area contributed by atoms with Crippen molar-refractivity contribution in [3.05, 3.63) is 21.3 Å². The highest BCUT2D eigenvalue weighted by atomic mass is 35.5. The Morgan fingerprint density at radius 2 is 2.33 bits per heavy atom. The molecule has 1 N–H and O–H groups in total. The quantitative estimate of drug-likeness (QED) is 0.809. The van der Waals surface area contributed by atoms with E-state index in [4.69, 9.17) is 11.6 Å². The zero-order chi connectivity index (χ0) is 10.9. The number of carbonyl (C=O) groups is 1. The molecule has 1 unspecified atom stereocenters. The summed E-state index contributed by atoms with van der Waals surface area (Å²) in [6, 6.07) is 3.60. The van der Waals surface area contributed by atoms with Gasteiger partial charge in [-0.3, -0.25) is 4.79 Å². The van der Waals surface area contributed by atoms with Crippen molar-refractivity contribution >= 4 is 28.7 Å². The molecule has 2 rings (SSSR count). The van der Waals surface area contributed by atoms with Crippen molar-refractivity contribution in [2.45, 2.75) is 31.7 Å². The molecule has 1 atom stereocenters. The van der Waals surface area contributed by atoms with Crippen LogP contribution in [0.1, 0.15) is 35.9 Å². The van der Waals surface area contributed by atoms with Gasteiger partial charge >= 0.3 is 0 Å². The van der Waals surface area contributed by atoms with Gasteiger partial charge in [0.15, 0.2) is 5.78 Å². The van der Waals surface area contributed by atoms with E-state index in [9.17, 15) is 4.79 Å². The summed E-state index contributed by atoms with van der Waals surface area (Å²) in [5.74, 6) is 0.180. The maximum absolute atomic E-state index is 12.2. The van der Waals surface area contributed by atoms with Crippen LogP contribution in [0.2, 0.25) is 4.34 Å². The van der Waals surface area contributed by atoms with Crippen LogP contribution in [0.4, 0.5) is 0 Å². The van der Waals surface area contributed by atoms with Crippen LogP contribution in [0.3, 0.4) is 0 Å². The Labute approximate surface area is 98.6 Å². The third-order valence-corrected chi connectivity index (χ3v) is 4.15. The third-order valence-electron chi connectivity index (χ3n) is 2.92. The van der Waals surface area contributed by atoms with Crippen molar-refractivity contribution < 1.29 is 4.79 Å². The minimum absolute atomic E-state index is 0.180. The minimum atomic E-state index is -0.383. The van der Waals surface area contributed by atoms with Crippen molar-refractivity contribution in [3.8, 4) is 0 Å². The number of piperidine rings is 1. The van der Waals surface area contributed by atoms with Gasteiger partial charge in [0.1, 0.15) is 0 Å². The maximum atomic E-state index is 12.2. The first-order valence-corrected chi connectivity index (χ1v) is 6.36. The van der Waals surface area contributed by atoms with Gasteiger partial charge in [0.2, 0.25) is 0 Å². The molecule has 2 nitrogen and oxygen atoms in total. The number of thiophene rings is 1. The molecule has 4 heteroatoms. The highest BCUT2D eigenvalue weighted by molar-refractivity contribution is 7.18. The molecule has 0 aliphatic carbocycles. The summed E-state index contributed by atoms with van der Waals surface area (Å²) in [6.45, 7) is 2.92. The lowest BCUT2D eigenvalue weighted by Gasteiger charge is -2.33. The molecule has 0 bridgehead atoms. The fourth-order valence-corrected chi connectivity index (χ4v) is 3.07. The van der Waals surface area contributed by atoms with E-state index in [1.165, 1.54) is 11.3 Å². The van der Waals surface area contributed by atoms with Crippen molar-refractivity contribution in [2.24, 2.45) is 0 Å². The lowest BCUT2D eigenvalue weighted by atomic mass is 9.86. The number of carbonyl (C=O) groups excluding carboxylic acids is 1. The molecule has 0 radical (unpaired) electrons. The van der Waals surface area contributed by atoms with Crippen LogP contribution < -0.4 is 5.32 Å². The van der Waals surface area contributed by atoms with E-state index in [2.05, 4.69) is 5.32 Å². The largest absolute Gasteiger partial charge is 0.305 e. The molecule has 1 fully saturated rings. The summed E-state index contributed by atoms with van der Waals surface area (Å²) in [5.41, 5.74) is -0.383. The number of rotatable bonds is 2. The number of Topliss-reactive ketones (excluding diaryl/α,β-unsaturated/α-hetero) is 1. The summed E-state index contributed by atoms with van der Waals surface area (Å²) in [5, 5.41) is 3.32. The van der Waals surface area contributed by atoms with Crippen molar-refractivity contribution in [1.29, 1.82) is 0 Å². The van der Waals surface area contributed by atoms with Gasteiger partial charge < -0.3 is 5.32 Å². The summed E-state index contributed by atoms with van der Waals surface area (Å²) in [6.07, 6.45) is 3.20. The van der Waals surface area contributed by atoms with Gasteiger partial charge in [-0.05, 0) is 44.9 Å². The summed E-state index contributed by atoms with van der Waals surface area (Å²) < 4.78 is 0.678. The maximum Gasteiger partial charge on any atom is 0.192 e. The molecule has 1 aliphatic rings. The van der Waals surface area contributed by atoms with E-state index in [0.717, 1.165) is 30.7 Å². The molecule has 0 saturated carbocycles. The molecular weight excluding hydrogens is 230 g/mol. The van der Waals surface area contributed by atoms with Crippen LogP contribution in [0.15, 0.2) is 12.1 Å². The Kier molecular flexibility index (Phi) is 3.14. The standard InChI is InChI=1S/C11H14ClNOS/c1-11(6-2-3-7-13-11)10(14)8-4-5-9(12)15-8/h4-5,13H,2-3,6-7H2,1H3. The van der Waals surface area contributed by atoms with Gasteiger partial charge in [0.05, 0.1) is 14.8 Å². The molecule has 2 heterocycles. The Hall–Kier alpha value is -0.380. The molecule has 1 aromatic heterocycles. The Morgan fingerprint density at radius 1 is 1.53 bits per heavy atom. The predicted octanol–water partition coefficient (Wildman–Crippen LogP) is 3.12. The molecule has 1 aliphatic heterocycles. The predicted molar refractivity (Wildman–Crippen MR) is 63.9 cm³/mol. The number of hydrogen-bond acceptors (Lipinski definition) is 3. The molecular formula is C11H14ClNOS. The topological polar surface area (TPSA) is 29.1 Å². The van der Waals surface area contributed by atoms with Crippen molar-refractivity contribution in [1.82, 2.24) is 5.32 Å². The van der Waals surface area contributed by atoms with Crippen LogP contribution in [0.5, 0.6) is 0 Å². The van der Waals surface area contributed by atoms with Gasteiger partial charge in [-0.2, -0.15) is 0 Å². The number of hydrogen-bond donors (Lipinski definition) is 1. The molecule has 1 aromatic rings. The average Bonchev–Trinajstić information content (AvgIpc) is 2.65. The molecule has 1 saturated heterocycles. The Balaban J connectivity index is 2.19. The van der Waals surface area contributed by atoms with Gasteiger partial charge in [-0.15, -0.1) is 11.3 Å². The first-order chi connectivity index (χ1) is 7.12. The molecule has 0 spiro atoms. The Bertz CT molecular complexity index is 368. The number of ketones is 1. The first-order valence-electron chi connectivity index (χ1n) is 5.17. The van der Waals surface area contributed by atoms with Crippen LogP contribution in [-0.2, 0) is 0 Å². The summed E-state index contributed by atoms with van der Waals surface area (Å²) >= 11 is 7.20. The van der Waals surface area contributed by atoms with Gasteiger partial charge in [0, 0.05) is 0 Å². The molecule has 82 valence electrons. The fraction of sp³-hybridized carbons (Fsp3) is 0.545. The highest BCUT2D eigenvalue weighted by Gasteiger charge is 2.35. The van der Waals surface area contributed by atoms with Crippen molar-refractivity contribution in [2.75, 3.05) is 6.54 Å². The zero-order valence-corrected chi connectivity index (χ0v) is 10.3. The van der Waals surface area contributed by atoms with Crippen molar-refractivity contribution in [3.63, 3.8) is 0 Å². The van der Waals surface area contributed by atoms with E-state index in [-0.39, 0.29) is 11.3 Å².